The predicted octanol–water partition coefficient (Wildman–Crippen LogP) is -1.76. The number of aliphatic carboxylic acids is 9. The number of hydrogen-bond acceptors (Lipinski definition) is 18. The average molecular weight is 1080 g/mol. The van der Waals surface area contributed by atoms with Crippen LogP contribution in [0, 0.1) is 5.41 Å². The molecule has 0 heterocycles. The minimum Gasteiger partial charge on any atom is -0.480 e. The lowest BCUT2D eigenvalue weighted by Crippen LogP contribution is -2.46. The Kier molecular flexibility index (Phi) is 35.5. The van der Waals surface area contributed by atoms with Crippen molar-refractivity contribution in [2.75, 3.05) is 98.5 Å². The van der Waals surface area contributed by atoms with Crippen molar-refractivity contribution in [2.24, 2.45) is 5.41 Å². The second kappa shape index (κ2) is 38.9. The quantitative estimate of drug-likeness (QED) is 0.0300. The third-order valence-corrected chi connectivity index (χ3v) is 11.3. The zero-order chi connectivity index (χ0) is 56.9. The number of carboxylic acids is 9. The maximum Gasteiger partial charge on any atom is 0.320 e. The zero-order valence-corrected chi connectivity index (χ0v) is 42.0. The third kappa shape index (κ3) is 33.8. The smallest absolute Gasteiger partial charge is 0.320 e. The molecule has 0 aliphatic heterocycles. The van der Waals surface area contributed by atoms with E-state index in [4.69, 9.17) is 44.8 Å². The predicted molar refractivity (Wildman–Crippen MR) is 254 cm³/mol. The van der Waals surface area contributed by atoms with Crippen LogP contribution in [0.5, 0.6) is 0 Å². The van der Waals surface area contributed by atoms with Gasteiger partial charge in [0.25, 0.3) is 0 Å². The Labute approximate surface area is 431 Å². The number of rotatable bonds is 49. The molecule has 0 aromatic carbocycles. The van der Waals surface area contributed by atoms with E-state index in [0.717, 1.165) is 14.7 Å². The molecule has 3 amide bonds. The van der Waals surface area contributed by atoms with E-state index in [1.165, 1.54) is 0 Å². The van der Waals surface area contributed by atoms with Gasteiger partial charge in [-0.15, -0.1) is 0 Å². The third-order valence-electron chi connectivity index (χ3n) is 11.3. The number of nitrogens with zero attached hydrogens (tertiary/aromatic N) is 3. The van der Waals surface area contributed by atoms with Gasteiger partial charge in [0.05, 0.1) is 78.9 Å². The molecule has 0 rings (SSSR count). The Bertz CT molecular complexity index is 1620. The minimum absolute atomic E-state index is 0.00365. The number of hydrogen-bond donors (Lipinski definition) is 12. The molecule has 0 bridgehead atoms. The molecule has 0 spiro atoms. The summed E-state index contributed by atoms with van der Waals surface area (Å²) < 4.78 is 17.6. The highest BCUT2D eigenvalue weighted by Crippen LogP contribution is 2.25. The maximum atomic E-state index is 12.6. The van der Waals surface area contributed by atoms with Crippen molar-refractivity contribution < 1.29 is 118 Å². The van der Waals surface area contributed by atoms with Gasteiger partial charge in [-0.1, -0.05) is 6.92 Å². The van der Waals surface area contributed by atoms with Crippen molar-refractivity contribution in [1.82, 2.24) is 30.7 Å². The molecule has 12 N–H and O–H groups in total. The molecule has 30 nitrogen and oxygen atoms in total. The first-order valence-electron chi connectivity index (χ1n) is 24.1. The van der Waals surface area contributed by atoms with Crippen molar-refractivity contribution in [2.45, 2.75) is 109 Å². The van der Waals surface area contributed by atoms with E-state index in [0.29, 0.717) is 25.7 Å². The van der Waals surface area contributed by atoms with Crippen molar-refractivity contribution >= 4 is 71.4 Å². The molecule has 0 radical (unpaired) electrons. The Hall–Kier alpha value is -6.60. The summed E-state index contributed by atoms with van der Waals surface area (Å²) in [6.45, 7) is -2.75. The van der Waals surface area contributed by atoms with Crippen LogP contribution in [0.15, 0.2) is 0 Å². The van der Waals surface area contributed by atoms with E-state index in [2.05, 4.69) is 16.0 Å². The number of carbonyl (C=O) groups excluding carboxylic acids is 3. The second-order valence-corrected chi connectivity index (χ2v) is 17.4. The number of amides is 3. The number of nitrogens with one attached hydrogen (secondary N) is 3. The summed E-state index contributed by atoms with van der Waals surface area (Å²) in [5, 5.41) is 91.2. The highest BCUT2D eigenvalue weighted by molar-refractivity contribution is 5.80. The topological polar surface area (TPSA) is 460 Å². The van der Waals surface area contributed by atoms with Gasteiger partial charge in [0.1, 0.15) is 18.1 Å². The van der Waals surface area contributed by atoms with Gasteiger partial charge in [0, 0.05) is 44.3 Å². The molecule has 3 unspecified atom stereocenters. The highest BCUT2D eigenvalue weighted by Gasteiger charge is 2.33. The first-order valence-corrected chi connectivity index (χ1v) is 24.1. The Morgan fingerprint density at radius 1 is 0.387 bits per heavy atom. The van der Waals surface area contributed by atoms with Gasteiger partial charge in [-0.2, -0.15) is 0 Å². The molecule has 0 saturated carbocycles. The normalized spacial score (nSPS) is 13.3. The number of carbonyl (C=O) groups is 12. The van der Waals surface area contributed by atoms with Gasteiger partial charge in [0.15, 0.2) is 0 Å². The van der Waals surface area contributed by atoms with E-state index < -0.39 is 134 Å². The zero-order valence-electron chi connectivity index (χ0n) is 42.0. The number of unbranched alkanes of at least 4 members (excludes halogenated alkanes) is 3. The Morgan fingerprint density at radius 3 is 0.800 bits per heavy atom. The van der Waals surface area contributed by atoms with E-state index in [-0.39, 0.29) is 117 Å². The van der Waals surface area contributed by atoms with Crippen LogP contribution in [0.25, 0.3) is 0 Å². The van der Waals surface area contributed by atoms with Crippen LogP contribution < -0.4 is 16.0 Å². The van der Waals surface area contributed by atoms with Gasteiger partial charge in [-0.05, 0) is 64.2 Å². The van der Waals surface area contributed by atoms with Crippen LogP contribution in [-0.2, 0) is 71.7 Å². The van der Waals surface area contributed by atoms with Crippen LogP contribution in [0.3, 0.4) is 0 Å². The number of ether oxygens (including phenoxy) is 3. The molecule has 428 valence electrons. The molecule has 0 aliphatic rings. The first kappa shape index (κ1) is 68.4. The summed E-state index contributed by atoms with van der Waals surface area (Å²) in [6.07, 6.45) is 1.44. The Balaban J connectivity index is 5.35. The van der Waals surface area contributed by atoms with E-state index >= 15 is 0 Å². The number of carboxylic acid groups (broad SMARTS) is 9. The SMILES string of the molecule is CCC(COCCC(=O)NCCCCC(C(=O)O)N(CC(=O)O)CC(=O)O)(COCCC(=O)NCCCCC(C(=O)O)N(CC(=O)O)CC(=O)O)COCCC(=O)NCCCCC(C(=O)O)N(CC(=O)O)CC(=O)O. The molecule has 30 heteroatoms. The van der Waals surface area contributed by atoms with Crippen LogP contribution in [0.1, 0.15) is 90.4 Å². The van der Waals surface area contributed by atoms with Crippen molar-refractivity contribution in [3.05, 3.63) is 0 Å². The fourth-order valence-corrected chi connectivity index (χ4v) is 7.39. The fraction of sp³-hybridized carbons (Fsp3) is 0.733. The molecule has 75 heavy (non-hydrogen) atoms. The standard InChI is InChI=1S/C45H74N6O24/c1-2-45(27-73-18-12-33(52)46-15-6-3-9-30(42(67)68)49(21-36(55)56)22-37(57)58,28-74-19-13-34(53)47-16-7-4-10-31(43(69)70)50(23-38(59)60)24-39(61)62)29-75-20-14-35(54)48-17-8-5-11-32(44(71)72)51(25-40(63)64)26-41(65)66/h30-32H,2-29H2,1H3,(H,46,52)(H,47,53)(H,48,54)(H,55,56)(H,57,58)(H,59,60)(H,61,62)(H,63,64)(H,65,66)(H,67,68)(H,69,70)(H,71,72). The summed E-state index contributed by atoms with van der Waals surface area (Å²) in [6, 6.07) is -4.13. The summed E-state index contributed by atoms with van der Waals surface area (Å²) in [4.78, 5) is 142. The van der Waals surface area contributed by atoms with E-state index in [9.17, 15) is 72.9 Å². The van der Waals surface area contributed by atoms with Gasteiger partial charge in [-0.3, -0.25) is 72.2 Å². The summed E-state index contributed by atoms with van der Waals surface area (Å²) in [5.41, 5.74) is -0.856. The van der Waals surface area contributed by atoms with E-state index in [1.54, 1.807) is 0 Å². The van der Waals surface area contributed by atoms with Gasteiger partial charge >= 0.3 is 53.7 Å². The van der Waals surface area contributed by atoms with Crippen LogP contribution in [-0.4, -0.2) is 249 Å². The molecule has 0 aliphatic carbocycles. The van der Waals surface area contributed by atoms with Crippen LogP contribution >= 0.6 is 0 Å². The van der Waals surface area contributed by atoms with Crippen molar-refractivity contribution in [3.63, 3.8) is 0 Å². The summed E-state index contributed by atoms with van der Waals surface area (Å²) >= 11 is 0. The van der Waals surface area contributed by atoms with E-state index in [1.807, 2.05) is 6.92 Å². The maximum absolute atomic E-state index is 12.6. The molecule has 0 saturated heterocycles. The molecular formula is C45H74N6O24. The Morgan fingerprint density at radius 2 is 0.613 bits per heavy atom. The van der Waals surface area contributed by atoms with Gasteiger partial charge < -0.3 is 76.1 Å². The average Bonchev–Trinajstić information content (AvgIpc) is 3.29. The first-order chi connectivity index (χ1) is 35.3. The largest absolute Gasteiger partial charge is 0.480 e. The highest BCUT2D eigenvalue weighted by atomic mass is 16.5. The monoisotopic (exact) mass is 1080 g/mol. The molecule has 0 fully saturated rings. The van der Waals surface area contributed by atoms with Crippen molar-refractivity contribution in [3.8, 4) is 0 Å². The molecular weight excluding hydrogens is 1010 g/mol. The molecule has 3 atom stereocenters. The lowest BCUT2D eigenvalue weighted by atomic mass is 9.88. The summed E-state index contributed by atoms with van der Waals surface area (Å²) in [7, 11) is 0. The van der Waals surface area contributed by atoms with Crippen molar-refractivity contribution in [1.29, 1.82) is 0 Å². The van der Waals surface area contributed by atoms with Crippen LogP contribution in [0.2, 0.25) is 0 Å². The lowest BCUT2D eigenvalue weighted by molar-refractivity contribution is -0.152. The fourth-order valence-electron chi connectivity index (χ4n) is 7.39. The molecule has 0 aromatic rings. The van der Waals surface area contributed by atoms with Gasteiger partial charge in [0.2, 0.25) is 17.7 Å². The lowest BCUT2D eigenvalue weighted by Gasteiger charge is -2.32. The van der Waals surface area contributed by atoms with Gasteiger partial charge in [-0.25, -0.2) is 0 Å². The summed E-state index contributed by atoms with van der Waals surface area (Å²) in [5.74, 6) is -13.8. The minimum atomic E-state index is -1.40. The second-order valence-electron chi connectivity index (χ2n) is 17.4. The van der Waals surface area contributed by atoms with Crippen LogP contribution in [0.4, 0.5) is 0 Å². The molecule has 0 aromatic heterocycles.